The first-order chi connectivity index (χ1) is 13.4. The van der Waals surface area contributed by atoms with E-state index in [1.807, 2.05) is 0 Å². The maximum atomic E-state index is 12.2. The number of hydrogen-bond donors (Lipinski definition) is 3. The lowest BCUT2D eigenvalue weighted by molar-refractivity contribution is -0.143. The Kier molecular flexibility index (Phi) is 7.61. The van der Waals surface area contributed by atoms with E-state index in [1.165, 1.54) is 0 Å². The third kappa shape index (κ3) is 6.12. The molecule has 8 heteroatoms. The van der Waals surface area contributed by atoms with Crippen LogP contribution in [-0.2, 0) is 9.59 Å². The standard InChI is InChI=1S/C22H39N5O3/c1-14(22(9,10)21(7,8)13-20(5,6)19(2,3)4)11-15(17(29)30)12-16(28)23-18-24-26-27-25-18/h15H,1,11-13H2,2-10H3,(H,29,30)(H2,23,24,25,26,27,28). The van der Waals surface area contributed by atoms with Crippen LogP contribution in [0.4, 0.5) is 5.95 Å². The Morgan fingerprint density at radius 2 is 1.60 bits per heavy atom. The zero-order valence-corrected chi connectivity index (χ0v) is 20.0. The molecule has 0 saturated carbocycles. The third-order valence-electron chi connectivity index (χ3n) is 7.36. The smallest absolute Gasteiger partial charge is 0.307 e. The molecule has 0 aliphatic rings. The van der Waals surface area contributed by atoms with E-state index < -0.39 is 17.8 Å². The van der Waals surface area contributed by atoms with Gasteiger partial charge in [-0.2, -0.15) is 5.21 Å². The van der Waals surface area contributed by atoms with Crippen LogP contribution in [0, 0.1) is 27.6 Å². The number of carbonyl (C=O) groups excluding carboxylic acids is 1. The lowest BCUT2D eigenvalue weighted by Gasteiger charge is -2.51. The predicted octanol–water partition coefficient (Wildman–Crippen LogP) is 4.69. The minimum atomic E-state index is -1.02. The van der Waals surface area contributed by atoms with Crippen molar-refractivity contribution in [3.8, 4) is 0 Å². The average Bonchev–Trinajstić information content (AvgIpc) is 3.04. The van der Waals surface area contributed by atoms with Crippen molar-refractivity contribution in [2.75, 3.05) is 5.32 Å². The molecular formula is C22H39N5O3. The molecule has 170 valence electrons. The molecular weight excluding hydrogens is 382 g/mol. The number of amides is 1. The fraction of sp³-hybridized carbons (Fsp3) is 0.773. The van der Waals surface area contributed by atoms with E-state index in [-0.39, 0.29) is 40.4 Å². The van der Waals surface area contributed by atoms with Gasteiger partial charge in [0.25, 0.3) is 5.95 Å². The summed E-state index contributed by atoms with van der Waals surface area (Å²) in [6.45, 7) is 24.2. The van der Waals surface area contributed by atoms with Crippen LogP contribution in [0.15, 0.2) is 12.2 Å². The van der Waals surface area contributed by atoms with Crippen molar-refractivity contribution in [1.82, 2.24) is 20.6 Å². The van der Waals surface area contributed by atoms with Crippen LogP contribution in [0.2, 0.25) is 0 Å². The Morgan fingerprint density at radius 3 is 2.03 bits per heavy atom. The van der Waals surface area contributed by atoms with Gasteiger partial charge in [-0.3, -0.25) is 14.9 Å². The van der Waals surface area contributed by atoms with Crippen LogP contribution in [0.3, 0.4) is 0 Å². The summed E-state index contributed by atoms with van der Waals surface area (Å²) >= 11 is 0. The molecule has 0 aliphatic carbocycles. The number of H-pyrrole nitrogens is 1. The van der Waals surface area contributed by atoms with Gasteiger partial charge in [-0.15, -0.1) is 5.10 Å². The predicted molar refractivity (Wildman–Crippen MR) is 118 cm³/mol. The number of carbonyl (C=O) groups is 2. The van der Waals surface area contributed by atoms with E-state index in [2.05, 4.69) is 94.8 Å². The number of carboxylic acids is 1. The molecule has 30 heavy (non-hydrogen) atoms. The van der Waals surface area contributed by atoms with Crippen molar-refractivity contribution >= 4 is 17.8 Å². The minimum absolute atomic E-state index is 0.0221. The van der Waals surface area contributed by atoms with Crippen LogP contribution in [0.5, 0.6) is 0 Å². The molecule has 0 spiro atoms. The number of aromatic amines is 1. The summed E-state index contributed by atoms with van der Waals surface area (Å²) in [4.78, 5) is 24.1. The second kappa shape index (κ2) is 8.86. The van der Waals surface area contributed by atoms with Crippen LogP contribution < -0.4 is 5.32 Å². The van der Waals surface area contributed by atoms with Crippen LogP contribution in [0.1, 0.15) is 81.6 Å². The van der Waals surface area contributed by atoms with Gasteiger partial charge in [0, 0.05) is 6.42 Å². The number of carboxylic acid groups (broad SMARTS) is 1. The summed E-state index contributed by atoms with van der Waals surface area (Å²) in [6.07, 6.45) is 0.986. The van der Waals surface area contributed by atoms with E-state index in [0.29, 0.717) is 0 Å². The third-order valence-corrected chi connectivity index (χ3v) is 7.36. The van der Waals surface area contributed by atoms with Crippen LogP contribution in [-0.4, -0.2) is 37.6 Å². The second-order valence-electron chi connectivity index (χ2n) is 11.2. The lowest BCUT2D eigenvalue weighted by Crippen LogP contribution is -2.42. The number of tetrazole rings is 1. The highest BCUT2D eigenvalue weighted by Crippen LogP contribution is 2.55. The highest BCUT2D eigenvalue weighted by atomic mass is 16.4. The molecule has 1 aromatic heterocycles. The number of aliphatic carboxylic acids is 1. The summed E-state index contributed by atoms with van der Waals surface area (Å²) < 4.78 is 0. The largest absolute Gasteiger partial charge is 0.481 e. The topological polar surface area (TPSA) is 121 Å². The van der Waals surface area contributed by atoms with Gasteiger partial charge in [-0.05, 0) is 39.7 Å². The molecule has 1 heterocycles. The van der Waals surface area contributed by atoms with Gasteiger partial charge in [0.05, 0.1) is 5.92 Å². The van der Waals surface area contributed by atoms with Crippen LogP contribution in [0.25, 0.3) is 0 Å². The number of nitrogens with zero attached hydrogens (tertiary/aromatic N) is 3. The maximum absolute atomic E-state index is 12.2. The number of hydrogen-bond acceptors (Lipinski definition) is 5. The van der Waals surface area contributed by atoms with E-state index in [9.17, 15) is 14.7 Å². The second-order valence-corrected chi connectivity index (χ2v) is 11.2. The molecule has 0 radical (unpaired) electrons. The molecule has 1 atom stereocenters. The van der Waals surface area contributed by atoms with Crippen molar-refractivity contribution in [3.05, 3.63) is 12.2 Å². The molecule has 1 rings (SSSR count). The molecule has 0 bridgehead atoms. The van der Waals surface area contributed by atoms with E-state index in [4.69, 9.17) is 0 Å². The zero-order valence-electron chi connectivity index (χ0n) is 20.0. The highest BCUT2D eigenvalue weighted by Gasteiger charge is 2.46. The molecule has 0 aromatic carbocycles. The molecule has 1 unspecified atom stereocenters. The first-order valence-corrected chi connectivity index (χ1v) is 10.3. The highest BCUT2D eigenvalue weighted by molar-refractivity contribution is 5.91. The average molecular weight is 422 g/mol. The number of aromatic nitrogens is 4. The molecule has 1 amide bonds. The number of allylic oxidation sites excluding steroid dienone is 1. The number of nitrogens with one attached hydrogen (secondary N) is 2. The Labute approximate surface area is 180 Å². The van der Waals surface area contributed by atoms with Gasteiger partial charge in [0.15, 0.2) is 0 Å². The van der Waals surface area contributed by atoms with Crippen molar-refractivity contribution in [2.45, 2.75) is 81.6 Å². The van der Waals surface area contributed by atoms with Gasteiger partial charge in [-0.25, -0.2) is 0 Å². The summed E-state index contributed by atoms with van der Waals surface area (Å²) in [5.41, 5.74) is 0.574. The Bertz CT molecular complexity index is 758. The first kappa shape index (κ1) is 25.8. The van der Waals surface area contributed by atoms with Crippen molar-refractivity contribution in [3.63, 3.8) is 0 Å². The maximum Gasteiger partial charge on any atom is 0.307 e. The minimum Gasteiger partial charge on any atom is -0.481 e. The van der Waals surface area contributed by atoms with E-state index in [0.717, 1.165) is 12.0 Å². The molecule has 0 saturated heterocycles. The van der Waals surface area contributed by atoms with Crippen LogP contribution >= 0.6 is 0 Å². The fourth-order valence-electron chi connectivity index (χ4n) is 3.48. The lowest BCUT2D eigenvalue weighted by atomic mass is 9.54. The molecule has 0 aliphatic heterocycles. The Morgan fingerprint density at radius 1 is 1.03 bits per heavy atom. The number of anilines is 1. The van der Waals surface area contributed by atoms with Gasteiger partial charge < -0.3 is 5.11 Å². The summed E-state index contributed by atoms with van der Waals surface area (Å²) in [6, 6.07) is 0. The number of rotatable bonds is 10. The fourth-order valence-corrected chi connectivity index (χ4v) is 3.48. The molecule has 8 nitrogen and oxygen atoms in total. The zero-order chi connectivity index (χ0) is 23.5. The molecule has 0 fully saturated rings. The monoisotopic (exact) mass is 421 g/mol. The summed E-state index contributed by atoms with van der Waals surface area (Å²) in [5.74, 6) is -2.35. The van der Waals surface area contributed by atoms with Gasteiger partial charge in [0.2, 0.25) is 5.91 Å². The van der Waals surface area contributed by atoms with Gasteiger partial charge in [-0.1, -0.05) is 79.6 Å². The SMILES string of the molecule is C=C(CC(CC(=O)Nc1nn[nH]n1)C(=O)O)C(C)(C)C(C)(C)CC(C)(C)C(C)(C)C. The quantitative estimate of drug-likeness (QED) is 0.471. The first-order valence-electron chi connectivity index (χ1n) is 10.3. The molecule has 1 aromatic rings. The van der Waals surface area contributed by atoms with E-state index >= 15 is 0 Å². The van der Waals surface area contributed by atoms with Gasteiger partial charge >= 0.3 is 5.97 Å². The Hall–Kier alpha value is -2.25. The summed E-state index contributed by atoms with van der Waals surface area (Å²) in [7, 11) is 0. The normalized spacial score (nSPS) is 14.3. The van der Waals surface area contributed by atoms with Crippen molar-refractivity contribution < 1.29 is 14.7 Å². The summed E-state index contributed by atoms with van der Waals surface area (Å²) in [5, 5.41) is 25.0. The van der Waals surface area contributed by atoms with Gasteiger partial charge in [0.1, 0.15) is 0 Å². The van der Waals surface area contributed by atoms with E-state index in [1.54, 1.807) is 0 Å². The molecule has 3 N–H and O–H groups in total. The Balaban J connectivity index is 2.93. The van der Waals surface area contributed by atoms with Crippen molar-refractivity contribution in [1.29, 1.82) is 0 Å². The van der Waals surface area contributed by atoms with Crippen molar-refractivity contribution in [2.24, 2.45) is 27.6 Å².